The van der Waals surface area contributed by atoms with Gasteiger partial charge < -0.3 is 10.2 Å². The second-order valence-corrected chi connectivity index (χ2v) is 4.58. The number of aromatic nitrogens is 1. The largest absolute Gasteiger partial charge is 0.372 e. The molecule has 5 heteroatoms. The molecule has 0 bridgehead atoms. The molecular formula is C10H17N4S. The number of piperazine rings is 1. The standard InChI is InChI=1S/C10H17N4S/c1-11-9-8-15-10(13-9)2-5-14-6-3-12-4-7-14/h8,11H,2-7H2,1H3. The van der Waals surface area contributed by atoms with E-state index in [1.165, 1.54) is 5.01 Å². The van der Waals surface area contributed by atoms with Gasteiger partial charge in [-0.05, 0) is 0 Å². The number of rotatable bonds is 4. The van der Waals surface area contributed by atoms with Crippen molar-refractivity contribution in [3.05, 3.63) is 10.4 Å². The van der Waals surface area contributed by atoms with Crippen LogP contribution in [-0.2, 0) is 6.42 Å². The summed E-state index contributed by atoms with van der Waals surface area (Å²) >= 11 is 1.74. The lowest BCUT2D eigenvalue weighted by Crippen LogP contribution is -2.41. The van der Waals surface area contributed by atoms with Crippen molar-refractivity contribution in [2.24, 2.45) is 0 Å². The van der Waals surface area contributed by atoms with Crippen LogP contribution in [-0.4, -0.2) is 49.7 Å². The molecule has 83 valence electrons. The Labute approximate surface area is 94.7 Å². The monoisotopic (exact) mass is 225 g/mol. The van der Waals surface area contributed by atoms with Gasteiger partial charge in [-0.2, -0.15) is 0 Å². The molecule has 2 rings (SSSR count). The first-order valence-corrected chi connectivity index (χ1v) is 6.24. The van der Waals surface area contributed by atoms with E-state index >= 15 is 0 Å². The van der Waals surface area contributed by atoms with Crippen molar-refractivity contribution in [2.75, 3.05) is 45.1 Å². The van der Waals surface area contributed by atoms with Crippen LogP contribution in [0.3, 0.4) is 0 Å². The maximum absolute atomic E-state index is 4.47. The van der Waals surface area contributed by atoms with E-state index in [2.05, 4.69) is 25.9 Å². The zero-order valence-electron chi connectivity index (χ0n) is 9.07. The lowest BCUT2D eigenvalue weighted by molar-refractivity contribution is 0.241. The molecule has 1 fully saturated rings. The number of thiazole rings is 1. The van der Waals surface area contributed by atoms with Gasteiger partial charge in [-0.15, -0.1) is 11.3 Å². The average Bonchev–Trinajstić information content (AvgIpc) is 2.76. The molecule has 1 saturated heterocycles. The minimum Gasteiger partial charge on any atom is -0.372 e. The average molecular weight is 225 g/mol. The van der Waals surface area contributed by atoms with Gasteiger partial charge in [-0.3, -0.25) is 0 Å². The van der Waals surface area contributed by atoms with E-state index in [9.17, 15) is 0 Å². The Hall–Kier alpha value is -0.650. The third-order valence-electron chi connectivity index (χ3n) is 2.60. The summed E-state index contributed by atoms with van der Waals surface area (Å²) in [5.74, 6) is 0.989. The molecule has 0 aromatic carbocycles. The highest BCUT2D eigenvalue weighted by Gasteiger charge is 2.10. The van der Waals surface area contributed by atoms with E-state index in [0.717, 1.165) is 45.0 Å². The molecule has 1 aromatic rings. The Morgan fingerprint density at radius 1 is 1.47 bits per heavy atom. The topological polar surface area (TPSA) is 42.3 Å². The zero-order valence-corrected chi connectivity index (χ0v) is 9.89. The van der Waals surface area contributed by atoms with E-state index in [4.69, 9.17) is 0 Å². The van der Waals surface area contributed by atoms with Gasteiger partial charge >= 0.3 is 0 Å². The number of nitrogens with zero attached hydrogens (tertiary/aromatic N) is 3. The van der Waals surface area contributed by atoms with Crippen molar-refractivity contribution in [1.29, 1.82) is 0 Å². The van der Waals surface area contributed by atoms with Crippen LogP contribution < -0.4 is 10.6 Å². The Balaban J connectivity index is 1.76. The molecule has 0 atom stereocenters. The number of hydrogen-bond donors (Lipinski definition) is 1. The van der Waals surface area contributed by atoms with Crippen LogP contribution in [0.5, 0.6) is 0 Å². The Bertz CT molecular complexity index is 293. The molecule has 1 aromatic heterocycles. The minimum absolute atomic E-state index is 0.989. The predicted molar refractivity (Wildman–Crippen MR) is 63.7 cm³/mol. The molecule has 1 N–H and O–H groups in total. The fourth-order valence-electron chi connectivity index (χ4n) is 1.67. The van der Waals surface area contributed by atoms with E-state index in [1.807, 2.05) is 7.05 Å². The lowest BCUT2D eigenvalue weighted by Gasteiger charge is -2.25. The van der Waals surface area contributed by atoms with Gasteiger partial charge in [0.05, 0.1) is 5.01 Å². The Kier molecular flexibility index (Phi) is 3.94. The number of anilines is 1. The number of hydrogen-bond acceptors (Lipinski definition) is 4. The van der Waals surface area contributed by atoms with E-state index in [1.54, 1.807) is 11.3 Å². The summed E-state index contributed by atoms with van der Waals surface area (Å²) < 4.78 is 0. The van der Waals surface area contributed by atoms with Crippen LogP contribution in [0.25, 0.3) is 0 Å². The molecule has 1 aliphatic heterocycles. The van der Waals surface area contributed by atoms with E-state index < -0.39 is 0 Å². The van der Waals surface area contributed by atoms with Crippen LogP contribution in [0, 0.1) is 0 Å². The molecule has 2 heterocycles. The van der Waals surface area contributed by atoms with Crippen molar-refractivity contribution in [3.8, 4) is 0 Å². The molecule has 0 saturated carbocycles. The summed E-state index contributed by atoms with van der Waals surface area (Å²) in [5, 5.41) is 10.7. The summed E-state index contributed by atoms with van der Waals surface area (Å²) in [6, 6.07) is 0. The second kappa shape index (κ2) is 5.44. The van der Waals surface area contributed by atoms with Crippen molar-refractivity contribution in [3.63, 3.8) is 0 Å². The third-order valence-corrected chi connectivity index (χ3v) is 3.51. The van der Waals surface area contributed by atoms with Crippen molar-refractivity contribution < 1.29 is 0 Å². The van der Waals surface area contributed by atoms with Crippen LogP contribution in [0.4, 0.5) is 5.82 Å². The number of nitrogens with one attached hydrogen (secondary N) is 1. The molecule has 1 aliphatic rings. The van der Waals surface area contributed by atoms with E-state index in [0.29, 0.717) is 0 Å². The first-order valence-electron chi connectivity index (χ1n) is 5.36. The SMILES string of the molecule is CNc1csc(CCN2CC[N]CC2)n1. The Morgan fingerprint density at radius 2 is 2.27 bits per heavy atom. The van der Waals surface area contributed by atoms with Gasteiger partial charge in [0.25, 0.3) is 0 Å². The summed E-state index contributed by atoms with van der Waals surface area (Å²) in [7, 11) is 1.91. The van der Waals surface area contributed by atoms with Crippen LogP contribution in [0.15, 0.2) is 5.38 Å². The van der Waals surface area contributed by atoms with Gasteiger partial charge in [-0.1, -0.05) is 0 Å². The third kappa shape index (κ3) is 3.15. The summed E-state index contributed by atoms with van der Waals surface area (Å²) in [6.07, 6.45) is 1.06. The zero-order chi connectivity index (χ0) is 10.5. The maximum Gasteiger partial charge on any atom is 0.137 e. The summed E-state index contributed by atoms with van der Waals surface area (Å²) in [6.45, 7) is 5.35. The van der Waals surface area contributed by atoms with Gasteiger partial charge in [-0.25, -0.2) is 10.3 Å². The molecule has 4 nitrogen and oxygen atoms in total. The molecule has 1 radical (unpaired) electrons. The first-order chi connectivity index (χ1) is 7.38. The highest BCUT2D eigenvalue weighted by Crippen LogP contribution is 2.14. The molecule has 0 aliphatic carbocycles. The molecule has 0 spiro atoms. The van der Waals surface area contributed by atoms with Crippen LogP contribution >= 0.6 is 11.3 Å². The summed E-state index contributed by atoms with van der Waals surface area (Å²) in [4.78, 5) is 6.94. The molecular weight excluding hydrogens is 208 g/mol. The van der Waals surface area contributed by atoms with Gasteiger partial charge in [0.1, 0.15) is 5.82 Å². The Morgan fingerprint density at radius 3 is 2.93 bits per heavy atom. The minimum atomic E-state index is 0.989. The van der Waals surface area contributed by atoms with Crippen LogP contribution in [0.1, 0.15) is 5.01 Å². The maximum atomic E-state index is 4.47. The van der Waals surface area contributed by atoms with Gasteiger partial charge in [0.2, 0.25) is 0 Å². The normalized spacial score (nSPS) is 17.9. The molecule has 15 heavy (non-hydrogen) atoms. The van der Waals surface area contributed by atoms with Crippen LogP contribution in [0.2, 0.25) is 0 Å². The fraction of sp³-hybridized carbons (Fsp3) is 0.700. The molecule has 0 unspecified atom stereocenters. The van der Waals surface area contributed by atoms with Gasteiger partial charge in [0.15, 0.2) is 0 Å². The predicted octanol–water partition coefficient (Wildman–Crippen LogP) is 0.647. The van der Waals surface area contributed by atoms with E-state index in [-0.39, 0.29) is 0 Å². The highest BCUT2D eigenvalue weighted by molar-refractivity contribution is 7.10. The highest BCUT2D eigenvalue weighted by atomic mass is 32.1. The molecule has 0 amide bonds. The smallest absolute Gasteiger partial charge is 0.137 e. The second-order valence-electron chi connectivity index (χ2n) is 3.64. The fourth-order valence-corrected chi connectivity index (χ4v) is 2.44. The quantitative estimate of drug-likeness (QED) is 0.818. The summed E-state index contributed by atoms with van der Waals surface area (Å²) in [5.41, 5.74) is 0. The van der Waals surface area contributed by atoms with Crippen molar-refractivity contribution in [2.45, 2.75) is 6.42 Å². The first kappa shape index (κ1) is 10.9. The van der Waals surface area contributed by atoms with Crippen molar-refractivity contribution in [1.82, 2.24) is 15.2 Å². The van der Waals surface area contributed by atoms with Gasteiger partial charge in [0, 0.05) is 51.6 Å². The van der Waals surface area contributed by atoms with Crippen molar-refractivity contribution >= 4 is 17.2 Å². The lowest BCUT2D eigenvalue weighted by atomic mass is 10.3.